The largest absolute Gasteiger partial charge is 0.355 e. The van der Waals surface area contributed by atoms with Crippen molar-refractivity contribution in [2.45, 2.75) is 20.3 Å². The average molecular weight is 213 g/mol. The number of carbonyl (C=O) groups excluding carboxylic acids is 1. The highest BCUT2D eigenvalue weighted by molar-refractivity contribution is 5.82. The van der Waals surface area contributed by atoms with E-state index in [0.29, 0.717) is 12.5 Å². The molecule has 0 spiro atoms. The number of likely N-dealkylation sites (tertiary alicyclic amines) is 1. The molecule has 0 radical (unpaired) electrons. The highest BCUT2D eigenvalue weighted by Crippen LogP contribution is 2.15. The lowest BCUT2D eigenvalue weighted by atomic mass is 9.92. The molecule has 0 saturated carbocycles. The number of nitrogens with zero attached hydrogens (tertiary/aromatic N) is 1. The lowest BCUT2D eigenvalue weighted by Gasteiger charge is -2.22. The van der Waals surface area contributed by atoms with Crippen LogP contribution in [-0.2, 0) is 4.79 Å². The summed E-state index contributed by atoms with van der Waals surface area (Å²) in [7, 11) is 2.12. The van der Waals surface area contributed by atoms with Crippen molar-refractivity contribution in [3.63, 3.8) is 0 Å². The first-order valence-corrected chi connectivity index (χ1v) is 5.62. The molecular weight excluding hydrogens is 190 g/mol. The fourth-order valence-corrected chi connectivity index (χ4v) is 1.76. The van der Waals surface area contributed by atoms with Crippen molar-refractivity contribution in [1.82, 2.24) is 10.2 Å². The van der Waals surface area contributed by atoms with Crippen molar-refractivity contribution in [1.29, 1.82) is 0 Å². The van der Waals surface area contributed by atoms with Crippen molar-refractivity contribution in [2.24, 2.45) is 17.1 Å². The number of carbonyl (C=O) groups is 1. The second kappa shape index (κ2) is 4.94. The molecule has 1 rings (SSSR count). The summed E-state index contributed by atoms with van der Waals surface area (Å²) < 4.78 is 0. The molecule has 3 N–H and O–H groups in total. The van der Waals surface area contributed by atoms with E-state index in [1.54, 1.807) is 0 Å². The zero-order valence-corrected chi connectivity index (χ0v) is 10.0. The Labute approximate surface area is 92.2 Å². The minimum Gasteiger partial charge on any atom is -0.355 e. The van der Waals surface area contributed by atoms with Gasteiger partial charge in [-0.05, 0) is 39.8 Å². The molecule has 0 aliphatic carbocycles. The second-order valence-electron chi connectivity index (χ2n) is 5.21. The molecule has 4 heteroatoms. The molecule has 4 nitrogen and oxygen atoms in total. The molecule has 1 fully saturated rings. The fourth-order valence-electron chi connectivity index (χ4n) is 1.76. The Balaban J connectivity index is 2.28. The van der Waals surface area contributed by atoms with Gasteiger partial charge in [0.1, 0.15) is 0 Å². The maximum Gasteiger partial charge on any atom is 0.226 e. The summed E-state index contributed by atoms with van der Waals surface area (Å²) in [6, 6.07) is 0. The topological polar surface area (TPSA) is 58.4 Å². The van der Waals surface area contributed by atoms with E-state index >= 15 is 0 Å². The third-order valence-corrected chi connectivity index (χ3v) is 3.17. The number of hydrogen-bond donors (Lipinski definition) is 2. The van der Waals surface area contributed by atoms with E-state index in [2.05, 4.69) is 17.3 Å². The van der Waals surface area contributed by atoms with Crippen LogP contribution in [0.25, 0.3) is 0 Å². The Bertz CT molecular complexity index is 228. The standard InChI is InChI=1S/C11H23N3O/c1-11(2,8-12)10(15)13-6-9-4-5-14(3)7-9/h9H,4-8,12H2,1-3H3,(H,13,15). The Kier molecular flexibility index (Phi) is 4.11. The maximum atomic E-state index is 11.7. The second-order valence-corrected chi connectivity index (χ2v) is 5.21. The van der Waals surface area contributed by atoms with Gasteiger partial charge >= 0.3 is 0 Å². The van der Waals surface area contributed by atoms with E-state index in [0.717, 1.165) is 19.6 Å². The summed E-state index contributed by atoms with van der Waals surface area (Å²) in [6.45, 7) is 7.16. The van der Waals surface area contributed by atoms with E-state index in [1.807, 2.05) is 13.8 Å². The Hall–Kier alpha value is -0.610. The third-order valence-electron chi connectivity index (χ3n) is 3.17. The van der Waals surface area contributed by atoms with E-state index in [4.69, 9.17) is 5.73 Å². The lowest BCUT2D eigenvalue weighted by Crippen LogP contribution is -2.43. The Morgan fingerprint density at radius 3 is 2.73 bits per heavy atom. The van der Waals surface area contributed by atoms with Crippen LogP contribution in [0.2, 0.25) is 0 Å². The van der Waals surface area contributed by atoms with Gasteiger partial charge < -0.3 is 16.0 Å². The number of nitrogens with one attached hydrogen (secondary N) is 1. The highest BCUT2D eigenvalue weighted by Gasteiger charge is 2.27. The maximum absolute atomic E-state index is 11.7. The molecule has 1 amide bonds. The molecule has 88 valence electrons. The van der Waals surface area contributed by atoms with Crippen molar-refractivity contribution in [3.8, 4) is 0 Å². The van der Waals surface area contributed by atoms with Crippen LogP contribution in [0.15, 0.2) is 0 Å². The van der Waals surface area contributed by atoms with Gasteiger partial charge in [0.2, 0.25) is 5.91 Å². The molecule has 0 aromatic carbocycles. The van der Waals surface area contributed by atoms with Gasteiger partial charge in [-0.25, -0.2) is 0 Å². The van der Waals surface area contributed by atoms with Crippen LogP contribution in [0.3, 0.4) is 0 Å². The normalized spacial score (nSPS) is 23.1. The van der Waals surface area contributed by atoms with Gasteiger partial charge in [-0.2, -0.15) is 0 Å². The summed E-state index contributed by atoms with van der Waals surface area (Å²) in [4.78, 5) is 14.0. The average Bonchev–Trinajstić information content (AvgIpc) is 2.60. The van der Waals surface area contributed by atoms with E-state index in [1.165, 1.54) is 6.42 Å². The van der Waals surface area contributed by atoms with Gasteiger partial charge in [-0.15, -0.1) is 0 Å². The van der Waals surface area contributed by atoms with Crippen molar-refractivity contribution >= 4 is 5.91 Å². The van der Waals surface area contributed by atoms with Crippen LogP contribution in [0.5, 0.6) is 0 Å². The Morgan fingerprint density at radius 1 is 1.60 bits per heavy atom. The van der Waals surface area contributed by atoms with Gasteiger partial charge in [0.05, 0.1) is 5.41 Å². The molecule has 1 aliphatic heterocycles. The summed E-state index contributed by atoms with van der Waals surface area (Å²) in [5, 5.41) is 2.99. The van der Waals surface area contributed by atoms with Gasteiger partial charge in [0.25, 0.3) is 0 Å². The number of nitrogens with two attached hydrogens (primary N) is 1. The monoisotopic (exact) mass is 213 g/mol. The molecule has 1 aliphatic rings. The van der Waals surface area contributed by atoms with Crippen LogP contribution < -0.4 is 11.1 Å². The third kappa shape index (κ3) is 3.47. The number of rotatable bonds is 4. The van der Waals surface area contributed by atoms with Crippen LogP contribution in [-0.4, -0.2) is 44.0 Å². The predicted molar refractivity (Wildman–Crippen MR) is 61.4 cm³/mol. The van der Waals surface area contributed by atoms with Crippen LogP contribution in [0.1, 0.15) is 20.3 Å². The van der Waals surface area contributed by atoms with Gasteiger partial charge in [-0.3, -0.25) is 4.79 Å². The highest BCUT2D eigenvalue weighted by atomic mass is 16.2. The Morgan fingerprint density at radius 2 is 2.27 bits per heavy atom. The first-order valence-electron chi connectivity index (χ1n) is 5.62. The van der Waals surface area contributed by atoms with Crippen molar-refractivity contribution in [2.75, 3.05) is 33.2 Å². The molecule has 1 unspecified atom stereocenters. The smallest absolute Gasteiger partial charge is 0.226 e. The minimum atomic E-state index is -0.440. The first-order chi connectivity index (χ1) is 6.95. The van der Waals surface area contributed by atoms with E-state index in [-0.39, 0.29) is 5.91 Å². The number of hydrogen-bond acceptors (Lipinski definition) is 3. The predicted octanol–water partition coefficient (Wildman–Crippen LogP) is 0.0392. The van der Waals surface area contributed by atoms with Crippen molar-refractivity contribution < 1.29 is 4.79 Å². The van der Waals surface area contributed by atoms with Gasteiger partial charge in [0.15, 0.2) is 0 Å². The van der Waals surface area contributed by atoms with Crippen LogP contribution in [0, 0.1) is 11.3 Å². The van der Waals surface area contributed by atoms with Crippen LogP contribution in [0.4, 0.5) is 0 Å². The van der Waals surface area contributed by atoms with Gasteiger partial charge in [-0.1, -0.05) is 0 Å². The molecule has 15 heavy (non-hydrogen) atoms. The van der Waals surface area contributed by atoms with Gasteiger partial charge in [0, 0.05) is 19.6 Å². The fraction of sp³-hybridized carbons (Fsp3) is 0.909. The molecular formula is C11H23N3O. The van der Waals surface area contributed by atoms with E-state index < -0.39 is 5.41 Å². The zero-order valence-electron chi connectivity index (χ0n) is 10.0. The van der Waals surface area contributed by atoms with E-state index in [9.17, 15) is 4.79 Å². The molecule has 0 aromatic rings. The summed E-state index contributed by atoms with van der Waals surface area (Å²) in [5.41, 5.74) is 5.10. The SMILES string of the molecule is CN1CCC(CNC(=O)C(C)(C)CN)C1. The molecule has 1 saturated heterocycles. The molecule has 1 heterocycles. The molecule has 1 atom stereocenters. The quantitative estimate of drug-likeness (QED) is 0.693. The summed E-state index contributed by atoms with van der Waals surface area (Å²) in [5.74, 6) is 0.673. The molecule has 0 bridgehead atoms. The first kappa shape index (κ1) is 12.5. The van der Waals surface area contributed by atoms with Crippen molar-refractivity contribution in [3.05, 3.63) is 0 Å². The summed E-state index contributed by atoms with van der Waals surface area (Å²) >= 11 is 0. The number of amides is 1. The summed E-state index contributed by atoms with van der Waals surface area (Å²) in [6.07, 6.45) is 1.18. The minimum absolute atomic E-state index is 0.0690. The molecule has 0 aromatic heterocycles. The van der Waals surface area contributed by atoms with Crippen LogP contribution >= 0.6 is 0 Å². The zero-order chi connectivity index (χ0) is 11.5. The lowest BCUT2D eigenvalue weighted by molar-refractivity contribution is -0.129.